The predicted octanol–water partition coefficient (Wildman–Crippen LogP) is -1.86. The lowest BCUT2D eigenvalue weighted by Crippen LogP contribution is -2.36. The Hall–Kier alpha value is -1.96. The molecule has 1 heterocycles. The molecule has 0 radical (unpaired) electrons. The fourth-order valence-electron chi connectivity index (χ4n) is 1.18. The fourth-order valence-corrected chi connectivity index (χ4v) is 1.18. The van der Waals surface area contributed by atoms with Crippen molar-refractivity contribution >= 4 is 5.91 Å². The molecule has 1 rings (SSSR count). The zero-order valence-corrected chi connectivity index (χ0v) is 9.74. The molecule has 0 fully saturated rings. The van der Waals surface area contributed by atoms with Gasteiger partial charge in [-0.05, 0) is 27.1 Å². The van der Waals surface area contributed by atoms with E-state index in [1.807, 2.05) is 29.1 Å². The topological polar surface area (TPSA) is 111 Å². The second-order valence-corrected chi connectivity index (χ2v) is 3.77. The van der Waals surface area contributed by atoms with Crippen LogP contribution in [0.15, 0.2) is 9.59 Å². The van der Waals surface area contributed by atoms with Crippen molar-refractivity contribution in [3.63, 3.8) is 0 Å². The zero-order valence-electron chi connectivity index (χ0n) is 9.74. The molecule has 0 saturated heterocycles. The van der Waals surface area contributed by atoms with Gasteiger partial charge >= 0.3 is 5.69 Å². The van der Waals surface area contributed by atoms with Gasteiger partial charge in [-0.25, -0.2) is 9.89 Å². The number of H-pyrrole nitrogens is 2. The summed E-state index contributed by atoms with van der Waals surface area (Å²) >= 11 is 0. The molecule has 0 unspecified atom stereocenters. The highest BCUT2D eigenvalue weighted by Crippen LogP contribution is 1.83. The number of carbonyl (C=O) groups is 1. The van der Waals surface area contributed by atoms with Crippen LogP contribution in [0.4, 0.5) is 0 Å². The van der Waals surface area contributed by atoms with E-state index >= 15 is 0 Å². The SMILES string of the molecule is CN(C)CCCNC(=O)c1n[nH]c(=O)[nH]c1=O. The minimum atomic E-state index is -0.793. The highest BCUT2D eigenvalue weighted by molar-refractivity contribution is 5.91. The van der Waals surface area contributed by atoms with Gasteiger partial charge in [0.1, 0.15) is 0 Å². The standard InChI is InChI=1S/C9H15N5O3/c1-14(2)5-3-4-10-7(15)6-8(16)11-9(17)13-12-6/h3-5H2,1-2H3,(H,10,15)(H2,11,13,16,17). The van der Waals surface area contributed by atoms with Crippen LogP contribution in [0.1, 0.15) is 16.9 Å². The van der Waals surface area contributed by atoms with Crippen molar-refractivity contribution in [1.82, 2.24) is 25.4 Å². The first-order valence-corrected chi connectivity index (χ1v) is 5.12. The molecule has 0 aliphatic carbocycles. The Morgan fingerprint density at radius 3 is 2.71 bits per heavy atom. The maximum Gasteiger partial charge on any atom is 0.342 e. The van der Waals surface area contributed by atoms with E-state index < -0.39 is 17.2 Å². The smallest absolute Gasteiger partial charge is 0.342 e. The molecule has 1 aromatic heterocycles. The Bertz CT molecular complexity index is 490. The summed E-state index contributed by atoms with van der Waals surface area (Å²) in [4.78, 5) is 37.3. The van der Waals surface area contributed by atoms with Crippen molar-refractivity contribution in [3.05, 3.63) is 26.5 Å². The van der Waals surface area contributed by atoms with E-state index in [0.717, 1.165) is 13.0 Å². The summed E-state index contributed by atoms with van der Waals surface area (Å²) in [5.41, 5.74) is -1.87. The van der Waals surface area contributed by atoms with Crippen molar-refractivity contribution in [2.24, 2.45) is 0 Å². The molecule has 0 aromatic carbocycles. The van der Waals surface area contributed by atoms with Gasteiger partial charge in [-0.15, -0.1) is 0 Å². The summed E-state index contributed by atoms with van der Waals surface area (Å²) in [7, 11) is 3.85. The Morgan fingerprint density at radius 1 is 1.41 bits per heavy atom. The first-order chi connectivity index (χ1) is 8.00. The van der Waals surface area contributed by atoms with Gasteiger partial charge in [0.05, 0.1) is 0 Å². The summed E-state index contributed by atoms with van der Waals surface area (Å²) in [5.74, 6) is -0.596. The molecule has 94 valence electrons. The van der Waals surface area contributed by atoms with Crippen LogP contribution in [-0.2, 0) is 0 Å². The van der Waals surface area contributed by atoms with E-state index in [9.17, 15) is 14.4 Å². The lowest BCUT2D eigenvalue weighted by molar-refractivity contribution is 0.0944. The minimum absolute atomic E-state index is 0.338. The van der Waals surface area contributed by atoms with Crippen LogP contribution in [0.5, 0.6) is 0 Å². The molecule has 0 atom stereocenters. The van der Waals surface area contributed by atoms with E-state index in [2.05, 4.69) is 10.4 Å². The Kier molecular flexibility index (Phi) is 4.58. The molecule has 3 N–H and O–H groups in total. The van der Waals surface area contributed by atoms with Gasteiger partial charge in [-0.1, -0.05) is 0 Å². The first-order valence-electron chi connectivity index (χ1n) is 5.12. The molecule has 0 bridgehead atoms. The average molecular weight is 241 g/mol. The molecule has 8 nitrogen and oxygen atoms in total. The van der Waals surface area contributed by atoms with Crippen LogP contribution in [0.25, 0.3) is 0 Å². The zero-order chi connectivity index (χ0) is 12.8. The van der Waals surface area contributed by atoms with E-state index in [1.165, 1.54) is 0 Å². The lowest BCUT2D eigenvalue weighted by atomic mass is 10.3. The van der Waals surface area contributed by atoms with E-state index in [0.29, 0.717) is 6.54 Å². The normalized spacial score (nSPS) is 10.5. The molecule has 0 aliphatic heterocycles. The number of amides is 1. The van der Waals surface area contributed by atoms with Crippen molar-refractivity contribution in [1.29, 1.82) is 0 Å². The maximum atomic E-state index is 11.5. The number of hydrogen-bond donors (Lipinski definition) is 3. The van der Waals surface area contributed by atoms with Gasteiger partial charge in [0, 0.05) is 6.54 Å². The number of carbonyl (C=O) groups excluding carboxylic acids is 1. The van der Waals surface area contributed by atoms with Crippen molar-refractivity contribution < 1.29 is 4.79 Å². The molecule has 1 aromatic rings. The molecular weight excluding hydrogens is 226 g/mol. The highest BCUT2D eigenvalue weighted by atomic mass is 16.2. The number of aromatic nitrogens is 3. The lowest BCUT2D eigenvalue weighted by Gasteiger charge is -2.09. The summed E-state index contributed by atoms with van der Waals surface area (Å²) in [6, 6.07) is 0. The summed E-state index contributed by atoms with van der Waals surface area (Å²) in [6.45, 7) is 1.27. The Labute approximate surface area is 97.0 Å². The van der Waals surface area contributed by atoms with Gasteiger partial charge in [0.25, 0.3) is 11.5 Å². The number of aromatic amines is 2. The van der Waals surface area contributed by atoms with Gasteiger partial charge in [-0.2, -0.15) is 5.10 Å². The van der Waals surface area contributed by atoms with Gasteiger partial charge < -0.3 is 10.2 Å². The van der Waals surface area contributed by atoms with Crippen LogP contribution in [0, 0.1) is 0 Å². The van der Waals surface area contributed by atoms with Crippen molar-refractivity contribution in [2.45, 2.75) is 6.42 Å². The van der Waals surface area contributed by atoms with Gasteiger partial charge in [-0.3, -0.25) is 14.6 Å². The van der Waals surface area contributed by atoms with Gasteiger partial charge in [0.15, 0.2) is 0 Å². The molecular formula is C9H15N5O3. The van der Waals surface area contributed by atoms with Gasteiger partial charge in [0.2, 0.25) is 5.69 Å². The van der Waals surface area contributed by atoms with Crippen LogP contribution >= 0.6 is 0 Å². The van der Waals surface area contributed by atoms with Crippen LogP contribution in [0.2, 0.25) is 0 Å². The number of rotatable bonds is 5. The molecule has 0 aliphatic rings. The van der Waals surface area contributed by atoms with Crippen molar-refractivity contribution in [3.8, 4) is 0 Å². The molecule has 1 amide bonds. The average Bonchev–Trinajstić information content (AvgIpc) is 2.23. The van der Waals surface area contributed by atoms with E-state index in [-0.39, 0.29) is 5.69 Å². The summed E-state index contributed by atoms with van der Waals surface area (Å²) in [5, 5.41) is 7.93. The quantitative estimate of drug-likeness (QED) is 0.523. The summed E-state index contributed by atoms with van der Waals surface area (Å²) in [6.07, 6.45) is 0.764. The number of nitrogens with zero attached hydrogens (tertiary/aromatic N) is 2. The minimum Gasteiger partial charge on any atom is -0.350 e. The predicted molar refractivity (Wildman–Crippen MR) is 61.0 cm³/mol. The van der Waals surface area contributed by atoms with Crippen molar-refractivity contribution in [2.75, 3.05) is 27.2 Å². The largest absolute Gasteiger partial charge is 0.350 e. The first kappa shape index (κ1) is 13.1. The Morgan fingerprint density at radius 2 is 2.12 bits per heavy atom. The molecule has 17 heavy (non-hydrogen) atoms. The molecule has 0 spiro atoms. The van der Waals surface area contributed by atoms with E-state index in [1.54, 1.807) is 0 Å². The monoisotopic (exact) mass is 241 g/mol. The third kappa shape index (κ3) is 4.19. The fraction of sp³-hybridized carbons (Fsp3) is 0.556. The second kappa shape index (κ2) is 5.94. The molecule has 0 saturated carbocycles. The molecule has 8 heteroatoms. The Balaban J connectivity index is 2.53. The number of hydrogen-bond acceptors (Lipinski definition) is 5. The second-order valence-electron chi connectivity index (χ2n) is 3.77. The van der Waals surface area contributed by atoms with Crippen LogP contribution in [-0.4, -0.2) is 53.2 Å². The third-order valence-corrected chi connectivity index (χ3v) is 1.99. The summed E-state index contributed by atoms with van der Waals surface area (Å²) < 4.78 is 0. The number of nitrogens with one attached hydrogen (secondary N) is 3. The maximum absolute atomic E-state index is 11.5. The van der Waals surface area contributed by atoms with E-state index in [4.69, 9.17) is 0 Å². The van der Waals surface area contributed by atoms with Crippen LogP contribution in [0.3, 0.4) is 0 Å². The third-order valence-electron chi connectivity index (χ3n) is 1.99. The highest BCUT2D eigenvalue weighted by Gasteiger charge is 2.11. The van der Waals surface area contributed by atoms with Crippen LogP contribution < -0.4 is 16.6 Å².